The lowest BCUT2D eigenvalue weighted by atomic mass is 9.95. The Hall–Kier alpha value is -4.98. The Morgan fingerprint density at radius 2 is 1.03 bits per heavy atom. The van der Waals surface area contributed by atoms with Crippen LogP contribution in [0.5, 0.6) is 34.5 Å². The second-order valence-electron chi connectivity index (χ2n) is 17.1. The Morgan fingerprint density at radius 1 is 0.569 bits per heavy atom. The van der Waals surface area contributed by atoms with Gasteiger partial charge in [0.2, 0.25) is 24.1 Å². The maximum Gasteiger partial charge on any atom is 0.309 e. The van der Waals surface area contributed by atoms with Crippen LogP contribution in [-0.2, 0) is 39.7 Å². The Kier molecular flexibility index (Phi) is 20.7. The van der Waals surface area contributed by atoms with Crippen LogP contribution in [0.15, 0.2) is 30.4 Å². The van der Waals surface area contributed by atoms with Crippen LogP contribution < -0.4 is 28.4 Å². The van der Waals surface area contributed by atoms with E-state index < -0.39 is 149 Å². The van der Waals surface area contributed by atoms with Crippen LogP contribution in [0.4, 0.5) is 0 Å². The molecule has 2 aromatic rings. The van der Waals surface area contributed by atoms with Crippen LogP contribution in [0.3, 0.4) is 0 Å². The van der Waals surface area contributed by atoms with Crippen molar-refractivity contribution >= 4 is 24.1 Å². The van der Waals surface area contributed by atoms with Crippen molar-refractivity contribution < 1.29 is 128 Å². The summed E-state index contributed by atoms with van der Waals surface area (Å²) in [4.78, 5) is 25.0. The maximum absolute atomic E-state index is 13.2. The molecule has 26 nitrogen and oxygen atoms in total. The molecule has 3 saturated heterocycles. The highest BCUT2D eigenvalue weighted by molar-refractivity contribution is 5.74. The number of carboxylic acids is 1. The predicted molar refractivity (Wildman–Crippen MR) is 241 cm³/mol. The van der Waals surface area contributed by atoms with Gasteiger partial charge in [0.1, 0.15) is 79.9 Å². The summed E-state index contributed by atoms with van der Waals surface area (Å²) in [5.41, 5.74) is -0.710. The number of carbonyl (C=O) groups is 2. The molecule has 3 heterocycles. The summed E-state index contributed by atoms with van der Waals surface area (Å²) >= 11 is 0. The molecule has 3 aliphatic heterocycles. The van der Waals surface area contributed by atoms with Crippen LogP contribution in [0, 0.1) is 0 Å². The van der Waals surface area contributed by atoms with Crippen LogP contribution in [-0.4, -0.2) is 231 Å². The van der Waals surface area contributed by atoms with Gasteiger partial charge in [-0.2, -0.15) is 0 Å². The number of aliphatic hydroxyl groups is 12. The average Bonchev–Trinajstić information content (AvgIpc) is 3.35. The third-order valence-corrected chi connectivity index (χ3v) is 12.0. The summed E-state index contributed by atoms with van der Waals surface area (Å²) in [5, 5.41) is 132. The van der Waals surface area contributed by atoms with Crippen molar-refractivity contribution in [3.05, 3.63) is 47.0 Å². The number of methoxy groups -OCH3 is 4. The fourth-order valence-electron chi connectivity index (χ4n) is 8.08. The number of rotatable bonds is 23. The molecule has 0 saturated carbocycles. The topological polar surface area (TPSA) is 399 Å². The van der Waals surface area contributed by atoms with E-state index in [4.69, 9.17) is 52.1 Å². The molecule has 0 spiro atoms. The molecular formula is C46H64O26. The highest BCUT2D eigenvalue weighted by atomic mass is 16.7. The number of carbonyl (C=O) groups excluding carboxylic acids is 1. The number of aliphatic carboxylic acids is 1. The summed E-state index contributed by atoms with van der Waals surface area (Å²) in [6, 6.07) is 4.55. The molecule has 0 bridgehead atoms. The molecule has 404 valence electrons. The fourth-order valence-corrected chi connectivity index (χ4v) is 8.08. The Labute approximate surface area is 411 Å². The quantitative estimate of drug-likeness (QED) is 0.0477. The molecule has 0 amide bonds. The standard InChI is InChI=1S/C46H64O26/c1-46(15-29(50)51,72-45-39(61)36(58)33(55)28(19-49)69-45)16-30(52)66-11-7-9-21-14-25(64-4)42(71-44-38(60)35(57)32(54)27(18-48)68-44)40(65-5)22(21)10-6-8-20-12-23(62-2)41(24(13-20)63-3)70-43-37(59)34(56)31(53)26(17-47)67-43/h6-9,12-14,26-28,31-39,43-45,47-49,53-61H,10-11,15-19H2,1-5H3,(H,50,51)/t26-,27+,28-,31-,32+,33-,34+,35-,36+,37+,38+,39-,43+,44-,45+,46-/m0/s1. The highest BCUT2D eigenvalue weighted by Crippen LogP contribution is 2.45. The lowest BCUT2D eigenvalue weighted by molar-refractivity contribution is -0.325. The van der Waals surface area contributed by atoms with Crippen molar-refractivity contribution in [2.45, 2.75) is 124 Å². The van der Waals surface area contributed by atoms with E-state index in [1.807, 2.05) is 0 Å². The predicted octanol–water partition coefficient (Wildman–Crippen LogP) is -3.67. The molecule has 72 heavy (non-hydrogen) atoms. The molecule has 16 atom stereocenters. The second-order valence-corrected chi connectivity index (χ2v) is 17.1. The molecular weight excluding hydrogens is 968 g/mol. The Balaban J connectivity index is 1.44. The first-order chi connectivity index (χ1) is 34.2. The Bertz CT molecular complexity index is 2140. The van der Waals surface area contributed by atoms with E-state index in [2.05, 4.69) is 0 Å². The first-order valence-electron chi connectivity index (χ1n) is 22.4. The van der Waals surface area contributed by atoms with Gasteiger partial charge in [0.15, 0.2) is 29.3 Å². The number of aliphatic hydroxyl groups excluding tert-OH is 12. The summed E-state index contributed by atoms with van der Waals surface area (Å²) in [5.74, 6) is -2.44. The molecule has 3 aliphatic rings. The molecule has 13 N–H and O–H groups in total. The number of ether oxygens (including phenoxy) is 11. The monoisotopic (exact) mass is 1030 g/mol. The van der Waals surface area contributed by atoms with Gasteiger partial charge in [-0.1, -0.05) is 18.2 Å². The first kappa shape index (κ1) is 57.9. The van der Waals surface area contributed by atoms with E-state index in [-0.39, 0.29) is 40.9 Å². The minimum atomic E-state index is -1.90. The van der Waals surface area contributed by atoms with E-state index >= 15 is 0 Å². The number of hydrogen-bond acceptors (Lipinski definition) is 25. The number of carboxylic acid groups (broad SMARTS) is 1. The minimum Gasteiger partial charge on any atom is -0.493 e. The van der Waals surface area contributed by atoms with Crippen molar-refractivity contribution in [1.82, 2.24) is 0 Å². The van der Waals surface area contributed by atoms with Crippen LogP contribution in [0.1, 0.15) is 36.5 Å². The maximum atomic E-state index is 13.2. The number of benzene rings is 2. The smallest absolute Gasteiger partial charge is 0.309 e. The summed E-state index contributed by atoms with van der Waals surface area (Å²) in [7, 11) is 5.23. The van der Waals surface area contributed by atoms with Gasteiger partial charge in [-0.25, -0.2) is 0 Å². The van der Waals surface area contributed by atoms with Gasteiger partial charge in [-0.05, 0) is 48.7 Å². The van der Waals surface area contributed by atoms with E-state index in [0.29, 0.717) is 16.7 Å². The van der Waals surface area contributed by atoms with Crippen LogP contribution in [0.25, 0.3) is 12.2 Å². The van der Waals surface area contributed by atoms with Gasteiger partial charge in [-0.15, -0.1) is 0 Å². The molecule has 5 rings (SSSR count). The molecule has 0 unspecified atom stereocenters. The van der Waals surface area contributed by atoms with E-state index in [1.165, 1.54) is 65.7 Å². The minimum absolute atomic E-state index is 0.000762. The van der Waals surface area contributed by atoms with Crippen molar-refractivity contribution in [3.63, 3.8) is 0 Å². The van der Waals surface area contributed by atoms with Crippen LogP contribution >= 0.6 is 0 Å². The van der Waals surface area contributed by atoms with E-state index in [1.54, 1.807) is 12.2 Å². The van der Waals surface area contributed by atoms with E-state index in [0.717, 1.165) is 0 Å². The number of esters is 1. The lowest BCUT2D eigenvalue weighted by Gasteiger charge is -2.42. The third kappa shape index (κ3) is 13.4. The van der Waals surface area contributed by atoms with Gasteiger partial charge in [0.25, 0.3) is 0 Å². The summed E-state index contributed by atoms with van der Waals surface area (Å²) in [6.45, 7) is -1.41. The average molecular weight is 1030 g/mol. The molecule has 26 heteroatoms. The van der Waals surface area contributed by atoms with Gasteiger partial charge in [-0.3, -0.25) is 9.59 Å². The number of allylic oxidation sites excluding steroid dienone is 1. The third-order valence-electron chi connectivity index (χ3n) is 12.0. The largest absolute Gasteiger partial charge is 0.493 e. The van der Waals surface area contributed by atoms with Gasteiger partial charge in [0, 0.05) is 5.56 Å². The van der Waals surface area contributed by atoms with Gasteiger partial charge in [0.05, 0.1) is 66.7 Å². The molecule has 0 radical (unpaired) electrons. The molecule has 0 aromatic heterocycles. The highest BCUT2D eigenvalue weighted by Gasteiger charge is 2.49. The fraction of sp³-hybridized carbons (Fsp3) is 0.609. The second kappa shape index (κ2) is 25.8. The first-order valence-corrected chi connectivity index (χ1v) is 22.4. The molecule has 2 aromatic carbocycles. The molecule has 0 aliphatic carbocycles. The molecule has 3 fully saturated rings. The zero-order chi connectivity index (χ0) is 53.2. The normalized spacial score (nSPS) is 31.7. The Morgan fingerprint density at radius 3 is 1.49 bits per heavy atom. The van der Waals surface area contributed by atoms with Crippen molar-refractivity contribution in [2.75, 3.05) is 54.9 Å². The van der Waals surface area contributed by atoms with Crippen molar-refractivity contribution in [2.24, 2.45) is 0 Å². The van der Waals surface area contributed by atoms with E-state index in [9.17, 15) is 76.0 Å². The van der Waals surface area contributed by atoms with Crippen molar-refractivity contribution in [3.8, 4) is 34.5 Å². The van der Waals surface area contributed by atoms with Crippen LogP contribution in [0.2, 0.25) is 0 Å². The summed E-state index contributed by atoms with van der Waals surface area (Å²) in [6.07, 6.45) is -20.1. The zero-order valence-corrected chi connectivity index (χ0v) is 39.8. The summed E-state index contributed by atoms with van der Waals surface area (Å²) < 4.78 is 62.1. The van der Waals surface area contributed by atoms with Gasteiger partial charge >= 0.3 is 11.9 Å². The SMILES string of the molecule is COc1cc(C=CCc2c(C=CCOC(=O)C[C@](C)(CC(=O)O)O[C@H]3O[C@@H](CO)[C@H](O)[C@@H](O)[C@@H]3O)cc(OC)c(O[C@@H]3O[C@H](CO)[C@@H](O)[C@H](O)[C@H]3O)c2OC)cc(OC)c1O[C@H]1O[C@@H](CO)[C@H](O)[C@@H](O)[C@H]1O. The lowest BCUT2D eigenvalue weighted by Crippen LogP contribution is -2.60. The van der Waals surface area contributed by atoms with Gasteiger partial charge < -0.3 is 118 Å². The number of hydrogen-bond donors (Lipinski definition) is 13. The van der Waals surface area contributed by atoms with Crippen molar-refractivity contribution in [1.29, 1.82) is 0 Å². The zero-order valence-electron chi connectivity index (χ0n) is 39.8.